The lowest BCUT2D eigenvalue weighted by molar-refractivity contribution is -0.127. The van der Waals surface area contributed by atoms with Crippen molar-refractivity contribution in [1.29, 1.82) is 0 Å². The highest BCUT2D eigenvalue weighted by Gasteiger charge is 2.38. The van der Waals surface area contributed by atoms with Crippen molar-refractivity contribution in [2.24, 2.45) is 11.8 Å². The van der Waals surface area contributed by atoms with E-state index in [0.717, 1.165) is 24.8 Å². The molecule has 1 heterocycles. The number of amides is 2. The molecule has 0 aromatic heterocycles. The smallest absolute Gasteiger partial charge is 0.244 e. The van der Waals surface area contributed by atoms with Gasteiger partial charge < -0.3 is 10.6 Å². The largest absolute Gasteiger partial charge is 0.353 e. The van der Waals surface area contributed by atoms with Crippen LogP contribution in [0.25, 0.3) is 6.08 Å². The lowest BCUT2D eigenvalue weighted by Gasteiger charge is -2.43. The van der Waals surface area contributed by atoms with E-state index in [0.29, 0.717) is 23.3 Å². The minimum absolute atomic E-state index is 0.111. The molecule has 1 aromatic rings. The van der Waals surface area contributed by atoms with Crippen molar-refractivity contribution in [2.75, 3.05) is 0 Å². The quantitative estimate of drug-likeness (QED) is 0.826. The lowest BCUT2D eigenvalue weighted by Crippen LogP contribution is -2.54. The number of rotatable bonds is 3. The topological polar surface area (TPSA) is 58.2 Å². The zero-order valence-corrected chi connectivity index (χ0v) is 14.6. The Morgan fingerprint density at radius 1 is 1.33 bits per heavy atom. The summed E-state index contributed by atoms with van der Waals surface area (Å²) < 4.78 is 0. The fourth-order valence-corrected chi connectivity index (χ4v) is 4.11. The number of nitrogens with one attached hydrogen (secondary N) is 2. The van der Waals surface area contributed by atoms with E-state index >= 15 is 0 Å². The van der Waals surface area contributed by atoms with Gasteiger partial charge in [0.15, 0.2) is 0 Å². The zero-order valence-electron chi connectivity index (χ0n) is 13.8. The van der Waals surface area contributed by atoms with Gasteiger partial charge >= 0.3 is 0 Å². The summed E-state index contributed by atoms with van der Waals surface area (Å²) in [5.74, 6) is 0.984. The molecular weight excluding hydrogens is 324 g/mol. The highest BCUT2D eigenvalue weighted by Crippen LogP contribution is 2.35. The number of carbonyl (C=O) groups excluding carboxylic acids is 2. The van der Waals surface area contributed by atoms with E-state index in [1.165, 1.54) is 6.08 Å². The predicted molar refractivity (Wildman–Crippen MR) is 95.5 cm³/mol. The van der Waals surface area contributed by atoms with Crippen molar-refractivity contribution in [3.05, 3.63) is 40.9 Å². The fraction of sp³-hybridized carbons (Fsp3) is 0.474. The number of benzene rings is 1. The summed E-state index contributed by atoms with van der Waals surface area (Å²) >= 11 is 6.08. The molecule has 4 atom stereocenters. The Morgan fingerprint density at radius 3 is 2.92 bits per heavy atom. The van der Waals surface area contributed by atoms with Gasteiger partial charge in [-0.3, -0.25) is 9.59 Å². The van der Waals surface area contributed by atoms with E-state index in [1.54, 1.807) is 12.1 Å². The molecule has 1 saturated heterocycles. The average molecular weight is 347 g/mol. The number of carbonyl (C=O) groups is 2. The molecule has 1 aromatic carbocycles. The molecule has 0 bridgehead atoms. The Morgan fingerprint density at radius 2 is 2.12 bits per heavy atom. The number of hydrogen-bond acceptors (Lipinski definition) is 2. The maximum atomic E-state index is 12.2. The second kappa shape index (κ2) is 7.39. The first-order valence-corrected chi connectivity index (χ1v) is 8.93. The van der Waals surface area contributed by atoms with Crippen LogP contribution in [0.3, 0.4) is 0 Å². The standard InChI is InChI=1S/C19H23ClN2O2/c1-12-10-19(24)22-17-11-14(7-8-15(12)17)21-18(23)9-6-13-4-2-3-5-16(13)20/h2-6,9,12,14-15,17H,7-8,10-11H2,1H3,(H,21,23)(H,22,24)/b9-6+. The minimum Gasteiger partial charge on any atom is -0.353 e. The lowest BCUT2D eigenvalue weighted by atomic mass is 9.72. The van der Waals surface area contributed by atoms with Crippen molar-refractivity contribution in [2.45, 2.75) is 44.7 Å². The molecule has 3 rings (SSSR count). The van der Waals surface area contributed by atoms with Gasteiger partial charge in [0, 0.05) is 29.6 Å². The fourth-order valence-electron chi connectivity index (χ4n) is 3.91. The monoisotopic (exact) mass is 346 g/mol. The molecule has 5 heteroatoms. The minimum atomic E-state index is -0.117. The molecule has 1 aliphatic carbocycles. The van der Waals surface area contributed by atoms with Crippen molar-refractivity contribution >= 4 is 29.5 Å². The second-order valence-electron chi connectivity index (χ2n) is 6.89. The highest BCUT2D eigenvalue weighted by atomic mass is 35.5. The maximum Gasteiger partial charge on any atom is 0.244 e. The summed E-state index contributed by atoms with van der Waals surface area (Å²) in [5, 5.41) is 6.77. The van der Waals surface area contributed by atoms with Gasteiger partial charge in [0.1, 0.15) is 0 Å². The Bertz CT molecular complexity index is 659. The Balaban J connectivity index is 1.56. The van der Waals surface area contributed by atoms with Gasteiger partial charge in [-0.15, -0.1) is 0 Å². The van der Waals surface area contributed by atoms with Crippen LogP contribution in [0.4, 0.5) is 0 Å². The first-order valence-electron chi connectivity index (χ1n) is 8.55. The van der Waals surface area contributed by atoms with Crippen LogP contribution in [0.5, 0.6) is 0 Å². The van der Waals surface area contributed by atoms with E-state index in [1.807, 2.05) is 18.2 Å². The van der Waals surface area contributed by atoms with Crippen molar-refractivity contribution in [1.82, 2.24) is 10.6 Å². The molecule has 24 heavy (non-hydrogen) atoms. The zero-order chi connectivity index (χ0) is 17.1. The second-order valence-corrected chi connectivity index (χ2v) is 7.30. The number of fused-ring (bicyclic) bond motifs is 1. The molecule has 4 unspecified atom stereocenters. The molecule has 2 N–H and O–H groups in total. The summed E-state index contributed by atoms with van der Waals surface area (Å²) in [6.07, 6.45) is 6.70. The molecule has 0 spiro atoms. The van der Waals surface area contributed by atoms with Gasteiger partial charge in [-0.1, -0.05) is 36.7 Å². The van der Waals surface area contributed by atoms with Crippen LogP contribution in [0.2, 0.25) is 5.02 Å². The van der Waals surface area contributed by atoms with Crippen LogP contribution in [-0.4, -0.2) is 23.9 Å². The van der Waals surface area contributed by atoms with Crippen LogP contribution in [0, 0.1) is 11.8 Å². The van der Waals surface area contributed by atoms with Crippen LogP contribution >= 0.6 is 11.6 Å². The number of hydrogen-bond donors (Lipinski definition) is 2. The van der Waals surface area contributed by atoms with Gasteiger partial charge in [-0.2, -0.15) is 0 Å². The van der Waals surface area contributed by atoms with Gasteiger partial charge in [0.25, 0.3) is 0 Å². The summed E-state index contributed by atoms with van der Waals surface area (Å²) in [7, 11) is 0. The molecule has 1 saturated carbocycles. The van der Waals surface area contributed by atoms with E-state index in [-0.39, 0.29) is 23.9 Å². The van der Waals surface area contributed by atoms with E-state index in [4.69, 9.17) is 11.6 Å². The van der Waals surface area contributed by atoms with Crippen molar-refractivity contribution in [3.8, 4) is 0 Å². The Hall–Kier alpha value is -1.81. The first-order chi connectivity index (χ1) is 11.5. The third-order valence-corrected chi connectivity index (χ3v) is 5.50. The Labute approximate surface area is 147 Å². The molecular formula is C19H23ClN2O2. The molecule has 2 aliphatic rings. The van der Waals surface area contributed by atoms with Gasteiger partial charge in [0.05, 0.1) is 0 Å². The van der Waals surface area contributed by atoms with Crippen LogP contribution in [0.15, 0.2) is 30.3 Å². The van der Waals surface area contributed by atoms with Crippen LogP contribution < -0.4 is 10.6 Å². The van der Waals surface area contributed by atoms with E-state index in [9.17, 15) is 9.59 Å². The average Bonchev–Trinajstić information content (AvgIpc) is 2.53. The number of piperidine rings is 1. The Kier molecular flexibility index (Phi) is 5.24. The third kappa shape index (κ3) is 3.99. The van der Waals surface area contributed by atoms with Crippen molar-refractivity contribution < 1.29 is 9.59 Å². The summed E-state index contributed by atoms with van der Waals surface area (Å²) in [6, 6.07) is 7.71. The van der Waals surface area contributed by atoms with Crippen LogP contribution in [-0.2, 0) is 9.59 Å². The van der Waals surface area contributed by atoms with Gasteiger partial charge in [0.2, 0.25) is 11.8 Å². The van der Waals surface area contributed by atoms with Crippen molar-refractivity contribution in [3.63, 3.8) is 0 Å². The normalized spacial score (nSPS) is 29.8. The first kappa shape index (κ1) is 17.0. The highest BCUT2D eigenvalue weighted by molar-refractivity contribution is 6.32. The summed E-state index contributed by atoms with van der Waals surface area (Å²) in [4.78, 5) is 23.9. The van der Waals surface area contributed by atoms with Gasteiger partial charge in [-0.25, -0.2) is 0 Å². The maximum absolute atomic E-state index is 12.2. The molecule has 2 fully saturated rings. The van der Waals surface area contributed by atoms with E-state index in [2.05, 4.69) is 17.6 Å². The SMILES string of the molecule is CC1CC(=O)NC2CC(NC(=O)/C=C/c3ccccc3Cl)CCC12. The third-order valence-electron chi connectivity index (χ3n) is 5.15. The van der Waals surface area contributed by atoms with E-state index < -0.39 is 0 Å². The molecule has 0 radical (unpaired) electrons. The van der Waals surface area contributed by atoms with Gasteiger partial charge in [-0.05, 0) is 48.8 Å². The molecule has 128 valence electrons. The summed E-state index contributed by atoms with van der Waals surface area (Å²) in [5.41, 5.74) is 0.825. The number of halogens is 1. The van der Waals surface area contributed by atoms with Crippen LogP contribution in [0.1, 0.15) is 38.2 Å². The molecule has 1 aliphatic heterocycles. The predicted octanol–water partition coefficient (Wildman–Crippen LogP) is 3.16. The molecule has 2 amide bonds. The molecule has 4 nitrogen and oxygen atoms in total. The summed E-state index contributed by atoms with van der Waals surface area (Å²) in [6.45, 7) is 2.15.